The van der Waals surface area contributed by atoms with E-state index in [1.807, 2.05) is 6.07 Å². The smallest absolute Gasteiger partial charge is 0.243 e. The van der Waals surface area contributed by atoms with Crippen LogP contribution in [0.5, 0.6) is 0 Å². The molecule has 134 valence electrons. The van der Waals surface area contributed by atoms with Crippen LogP contribution in [0, 0.1) is 0 Å². The van der Waals surface area contributed by atoms with E-state index in [4.69, 9.17) is 9.26 Å². The van der Waals surface area contributed by atoms with Crippen LogP contribution in [0.4, 0.5) is 0 Å². The Hall–Kier alpha value is -1.77. The Bertz CT molecular complexity index is 817. The van der Waals surface area contributed by atoms with Gasteiger partial charge in [-0.15, -0.1) is 0 Å². The lowest BCUT2D eigenvalue weighted by atomic mass is 10.1. The van der Waals surface area contributed by atoms with E-state index in [1.54, 1.807) is 24.3 Å². The number of hydrogen-bond donors (Lipinski definition) is 0. The summed E-state index contributed by atoms with van der Waals surface area (Å²) < 4.78 is 38.0. The Kier molecular flexibility index (Phi) is 4.58. The zero-order valence-corrected chi connectivity index (χ0v) is 14.7. The SMILES string of the molecule is O=S(=O)(c1ccccc1)N1CCCC(OCc2noc(C3CC3)n2)C1. The third-order valence-electron chi connectivity index (χ3n) is 4.58. The van der Waals surface area contributed by atoms with E-state index in [1.165, 1.54) is 4.31 Å². The summed E-state index contributed by atoms with van der Waals surface area (Å²) in [6, 6.07) is 8.52. The molecule has 1 aliphatic carbocycles. The summed E-state index contributed by atoms with van der Waals surface area (Å²) in [5.41, 5.74) is 0. The molecule has 25 heavy (non-hydrogen) atoms. The highest BCUT2D eigenvalue weighted by Crippen LogP contribution is 2.38. The van der Waals surface area contributed by atoms with Gasteiger partial charge in [-0.05, 0) is 37.8 Å². The fraction of sp³-hybridized carbons (Fsp3) is 0.529. The molecule has 1 saturated carbocycles. The van der Waals surface area contributed by atoms with Crippen molar-refractivity contribution in [3.8, 4) is 0 Å². The lowest BCUT2D eigenvalue weighted by molar-refractivity contribution is 0.00438. The molecule has 1 aromatic heterocycles. The molecule has 0 N–H and O–H groups in total. The first-order chi connectivity index (χ1) is 12.1. The Morgan fingerprint density at radius 2 is 2.00 bits per heavy atom. The normalized spacial score (nSPS) is 22.2. The summed E-state index contributed by atoms with van der Waals surface area (Å²) in [6.45, 7) is 1.12. The van der Waals surface area contributed by atoms with Crippen molar-refractivity contribution in [2.75, 3.05) is 13.1 Å². The van der Waals surface area contributed by atoms with Crippen molar-refractivity contribution in [2.24, 2.45) is 0 Å². The number of ether oxygens (including phenoxy) is 1. The van der Waals surface area contributed by atoms with Crippen molar-refractivity contribution in [1.82, 2.24) is 14.4 Å². The van der Waals surface area contributed by atoms with Gasteiger partial charge < -0.3 is 9.26 Å². The molecule has 2 aliphatic rings. The number of sulfonamides is 1. The predicted octanol–water partition coefficient (Wildman–Crippen LogP) is 2.32. The second-order valence-electron chi connectivity index (χ2n) is 6.57. The van der Waals surface area contributed by atoms with Crippen LogP contribution in [0.2, 0.25) is 0 Å². The topological polar surface area (TPSA) is 85.5 Å². The van der Waals surface area contributed by atoms with Gasteiger partial charge in [-0.2, -0.15) is 9.29 Å². The summed E-state index contributed by atoms with van der Waals surface area (Å²) in [4.78, 5) is 4.66. The van der Waals surface area contributed by atoms with Crippen LogP contribution in [0.3, 0.4) is 0 Å². The van der Waals surface area contributed by atoms with Crippen molar-refractivity contribution in [3.05, 3.63) is 42.0 Å². The average Bonchev–Trinajstić information content (AvgIpc) is 3.39. The van der Waals surface area contributed by atoms with Crippen LogP contribution in [-0.2, 0) is 21.4 Å². The molecule has 0 bridgehead atoms. The van der Waals surface area contributed by atoms with E-state index in [2.05, 4.69) is 10.1 Å². The molecule has 2 fully saturated rings. The van der Waals surface area contributed by atoms with E-state index in [9.17, 15) is 8.42 Å². The molecule has 2 heterocycles. The summed E-state index contributed by atoms with van der Waals surface area (Å²) >= 11 is 0. The van der Waals surface area contributed by atoms with Gasteiger partial charge in [0.1, 0.15) is 6.61 Å². The zero-order chi connectivity index (χ0) is 17.3. The Morgan fingerprint density at radius 1 is 1.20 bits per heavy atom. The Balaban J connectivity index is 1.37. The van der Waals surface area contributed by atoms with Gasteiger partial charge in [0.2, 0.25) is 15.9 Å². The van der Waals surface area contributed by atoms with Crippen molar-refractivity contribution >= 4 is 10.0 Å². The monoisotopic (exact) mass is 363 g/mol. The minimum Gasteiger partial charge on any atom is -0.369 e. The van der Waals surface area contributed by atoms with E-state index in [0.29, 0.717) is 35.6 Å². The van der Waals surface area contributed by atoms with E-state index < -0.39 is 10.0 Å². The highest BCUT2D eigenvalue weighted by atomic mass is 32.2. The quantitative estimate of drug-likeness (QED) is 0.783. The number of aromatic nitrogens is 2. The predicted molar refractivity (Wildman–Crippen MR) is 89.3 cm³/mol. The lowest BCUT2D eigenvalue weighted by Gasteiger charge is -2.31. The van der Waals surface area contributed by atoms with Crippen molar-refractivity contribution in [3.63, 3.8) is 0 Å². The molecule has 8 heteroatoms. The maximum Gasteiger partial charge on any atom is 0.243 e. The molecular formula is C17H21N3O4S. The van der Waals surface area contributed by atoms with Crippen molar-refractivity contribution < 1.29 is 17.7 Å². The standard InChI is InChI=1S/C17H21N3O4S/c21-25(22,15-6-2-1-3-7-15)20-10-4-5-14(11-20)23-12-16-18-17(24-19-16)13-8-9-13/h1-3,6-7,13-14H,4-5,8-12H2. The summed E-state index contributed by atoms with van der Waals surface area (Å²) in [6.07, 6.45) is 3.66. The molecule has 0 spiro atoms. The third kappa shape index (κ3) is 3.75. The van der Waals surface area contributed by atoms with E-state index in [-0.39, 0.29) is 12.7 Å². The molecule has 0 amide bonds. The fourth-order valence-electron chi connectivity index (χ4n) is 3.02. The maximum atomic E-state index is 12.7. The summed E-state index contributed by atoms with van der Waals surface area (Å²) in [5, 5.41) is 3.93. The minimum absolute atomic E-state index is 0.157. The number of nitrogens with zero attached hydrogens (tertiary/aromatic N) is 3. The average molecular weight is 363 g/mol. The number of benzene rings is 1. The van der Waals surface area contributed by atoms with Crippen molar-refractivity contribution in [2.45, 2.75) is 49.2 Å². The first-order valence-corrected chi connectivity index (χ1v) is 10.1. The molecule has 2 aromatic rings. The number of piperidine rings is 1. The maximum absolute atomic E-state index is 12.7. The van der Waals surface area contributed by atoms with E-state index in [0.717, 1.165) is 25.7 Å². The molecule has 1 aliphatic heterocycles. The zero-order valence-electron chi connectivity index (χ0n) is 13.9. The number of hydrogen-bond acceptors (Lipinski definition) is 6. The second-order valence-corrected chi connectivity index (χ2v) is 8.51. The van der Waals surface area contributed by atoms with Crippen LogP contribution < -0.4 is 0 Å². The molecular weight excluding hydrogens is 342 g/mol. The largest absolute Gasteiger partial charge is 0.369 e. The van der Waals surface area contributed by atoms with Gasteiger partial charge >= 0.3 is 0 Å². The van der Waals surface area contributed by atoms with Gasteiger partial charge in [0, 0.05) is 19.0 Å². The second kappa shape index (κ2) is 6.86. The van der Waals surface area contributed by atoms with Gasteiger partial charge in [0.05, 0.1) is 11.0 Å². The van der Waals surface area contributed by atoms with Crippen LogP contribution in [0.15, 0.2) is 39.8 Å². The van der Waals surface area contributed by atoms with Gasteiger partial charge in [0.15, 0.2) is 5.82 Å². The van der Waals surface area contributed by atoms with Gasteiger partial charge in [-0.3, -0.25) is 0 Å². The minimum atomic E-state index is -3.47. The van der Waals surface area contributed by atoms with Crippen LogP contribution in [0.25, 0.3) is 0 Å². The van der Waals surface area contributed by atoms with Crippen LogP contribution in [0.1, 0.15) is 43.3 Å². The van der Waals surface area contributed by atoms with Gasteiger partial charge in [-0.25, -0.2) is 8.42 Å². The molecule has 7 nitrogen and oxygen atoms in total. The van der Waals surface area contributed by atoms with Crippen LogP contribution in [-0.4, -0.2) is 42.1 Å². The number of rotatable bonds is 6. The van der Waals surface area contributed by atoms with Gasteiger partial charge in [0.25, 0.3) is 0 Å². The first kappa shape index (κ1) is 16.7. The first-order valence-electron chi connectivity index (χ1n) is 8.62. The van der Waals surface area contributed by atoms with Gasteiger partial charge in [-0.1, -0.05) is 23.4 Å². The highest BCUT2D eigenvalue weighted by Gasteiger charge is 2.32. The molecule has 1 atom stereocenters. The summed E-state index contributed by atoms with van der Waals surface area (Å²) in [7, 11) is -3.47. The molecule has 1 unspecified atom stereocenters. The van der Waals surface area contributed by atoms with Crippen molar-refractivity contribution in [1.29, 1.82) is 0 Å². The summed E-state index contributed by atoms with van der Waals surface area (Å²) in [5.74, 6) is 1.64. The molecule has 0 radical (unpaired) electrons. The fourth-order valence-corrected chi connectivity index (χ4v) is 4.55. The molecule has 4 rings (SSSR count). The Labute approximate surface area is 147 Å². The van der Waals surface area contributed by atoms with E-state index >= 15 is 0 Å². The molecule has 1 saturated heterocycles. The van der Waals surface area contributed by atoms with Crippen LogP contribution >= 0.6 is 0 Å². The lowest BCUT2D eigenvalue weighted by Crippen LogP contribution is -2.43. The third-order valence-corrected chi connectivity index (χ3v) is 6.46. The highest BCUT2D eigenvalue weighted by molar-refractivity contribution is 7.89. The molecule has 1 aromatic carbocycles. The Morgan fingerprint density at radius 3 is 2.76 bits per heavy atom.